The van der Waals surface area contributed by atoms with Gasteiger partial charge in [-0.2, -0.15) is 5.10 Å². The van der Waals surface area contributed by atoms with E-state index in [4.69, 9.17) is 0 Å². The van der Waals surface area contributed by atoms with Crippen LogP contribution in [0.2, 0.25) is 0 Å². The van der Waals surface area contributed by atoms with E-state index in [2.05, 4.69) is 40.0 Å². The average Bonchev–Trinajstić information content (AvgIpc) is 2.84. The number of benzene rings is 1. The van der Waals surface area contributed by atoms with E-state index in [9.17, 15) is 4.79 Å². The van der Waals surface area contributed by atoms with E-state index < -0.39 is 0 Å². The second kappa shape index (κ2) is 6.31. The van der Waals surface area contributed by atoms with Crippen molar-refractivity contribution in [1.82, 2.24) is 5.43 Å². The van der Waals surface area contributed by atoms with Crippen molar-refractivity contribution >= 4 is 34.2 Å². The maximum atomic E-state index is 12.0. The number of nitrogens with one attached hydrogen (secondary N) is 1. The topological polar surface area (TPSA) is 41.5 Å². The molecule has 1 aliphatic carbocycles. The van der Waals surface area contributed by atoms with Crippen molar-refractivity contribution in [2.75, 3.05) is 0 Å². The number of rotatable bonds is 3. The Balaban J connectivity index is 2.04. The average molecular weight is 356 g/mol. The third-order valence-electron chi connectivity index (χ3n) is 3.37. The number of hydrogen-bond donors (Lipinski definition) is 1. The summed E-state index contributed by atoms with van der Waals surface area (Å²) < 4.78 is 0.950. The number of carbonyl (C=O) groups is 1. The van der Waals surface area contributed by atoms with Crippen molar-refractivity contribution in [3.8, 4) is 0 Å². The number of carbonyl (C=O) groups excluding carboxylic acids is 1. The zero-order valence-electron chi connectivity index (χ0n) is 10.4. The molecule has 1 fully saturated rings. The van der Waals surface area contributed by atoms with Gasteiger partial charge in [-0.05, 0) is 66.3 Å². The first-order valence-electron chi connectivity index (χ1n) is 6.33. The van der Waals surface area contributed by atoms with Crippen LogP contribution >= 0.6 is 22.6 Å². The molecule has 1 atom stereocenters. The predicted octanol–water partition coefficient (Wildman–Crippen LogP) is 3.59. The van der Waals surface area contributed by atoms with Crippen LogP contribution in [0.15, 0.2) is 29.4 Å². The van der Waals surface area contributed by atoms with Crippen LogP contribution in [0.5, 0.6) is 0 Å². The van der Waals surface area contributed by atoms with Gasteiger partial charge in [0.2, 0.25) is 0 Å². The van der Waals surface area contributed by atoms with Gasteiger partial charge in [-0.3, -0.25) is 4.79 Å². The van der Waals surface area contributed by atoms with Gasteiger partial charge in [-0.1, -0.05) is 19.1 Å². The lowest BCUT2D eigenvalue weighted by Crippen LogP contribution is -2.21. The van der Waals surface area contributed by atoms with Crippen LogP contribution in [0.3, 0.4) is 0 Å². The molecule has 1 aromatic rings. The molecule has 3 nitrogen and oxygen atoms in total. The molecule has 1 amide bonds. The Kier molecular flexibility index (Phi) is 4.74. The maximum absolute atomic E-state index is 12.0. The second-order valence-electron chi connectivity index (χ2n) is 4.52. The van der Waals surface area contributed by atoms with E-state index in [1.807, 2.05) is 24.3 Å². The van der Waals surface area contributed by atoms with Crippen molar-refractivity contribution in [1.29, 1.82) is 0 Å². The number of halogens is 1. The smallest absolute Gasteiger partial charge is 0.267 e. The molecule has 2 rings (SSSR count). The maximum Gasteiger partial charge on any atom is 0.272 e. The van der Waals surface area contributed by atoms with Gasteiger partial charge in [0.15, 0.2) is 0 Å². The first-order chi connectivity index (χ1) is 8.72. The lowest BCUT2D eigenvalue weighted by Gasteiger charge is -2.08. The second-order valence-corrected chi connectivity index (χ2v) is 5.68. The van der Waals surface area contributed by atoms with E-state index in [0.29, 0.717) is 11.5 Å². The summed E-state index contributed by atoms with van der Waals surface area (Å²) in [6.07, 6.45) is 4.52. The molecule has 0 saturated heterocycles. The quantitative estimate of drug-likeness (QED) is 0.653. The molecule has 0 aliphatic heterocycles. The minimum atomic E-state index is -0.116. The standard InChI is InChI=1S/C14H17IN2O/c1-2-10-6-5-9-13(10)16-17-14(18)11-7-3-4-8-12(11)15/h3-4,7-8,10H,2,5-6,9H2,1H3,(H,17,18)/t10-/m0/s1. The lowest BCUT2D eigenvalue weighted by atomic mass is 10.0. The van der Waals surface area contributed by atoms with E-state index >= 15 is 0 Å². The summed E-state index contributed by atoms with van der Waals surface area (Å²) >= 11 is 2.17. The van der Waals surface area contributed by atoms with Crippen LogP contribution in [0.4, 0.5) is 0 Å². The van der Waals surface area contributed by atoms with Crippen LogP contribution in [-0.2, 0) is 0 Å². The van der Waals surface area contributed by atoms with E-state index in [0.717, 1.165) is 22.1 Å². The fraction of sp³-hybridized carbons (Fsp3) is 0.429. The predicted molar refractivity (Wildman–Crippen MR) is 81.7 cm³/mol. The normalized spacial score (nSPS) is 21.2. The monoisotopic (exact) mass is 356 g/mol. The fourth-order valence-corrected chi connectivity index (χ4v) is 2.95. The minimum absolute atomic E-state index is 0.116. The highest BCUT2D eigenvalue weighted by molar-refractivity contribution is 14.1. The zero-order valence-corrected chi connectivity index (χ0v) is 12.6. The summed E-state index contributed by atoms with van der Waals surface area (Å²) in [7, 11) is 0. The summed E-state index contributed by atoms with van der Waals surface area (Å²) in [6, 6.07) is 7.54. The molecule has 0 radical (unpaired) electrons. The van der Waals surface area contributed by atoms with Crippen LogP contribution in [0, 0.1) is 9.49 Å². The number of hydrazone groups is 1. The molecular formula is C14H17IN2O. The van der Waals surface area contributed by atoms with Crippen LogP contribution in [0.25, 0.3) is 0 Å². The highest BCUT2D eigenvalue weighted by atomic mass is 127. The number of amides is 1. The van der Waals surface area contributed by atoms with Gasteiger partial charge in [-0.15, -0.1) is 0 Å². The van der Waals surface area contributed by atoms with Crippen molar-refractivity contribution in [3.05, 3.63) is 33.4 Å². The molecule has 0 unspecified atom stereocenters. The molecular weight excluding hydrogens is 339 g/mol. The first-order valence-corrected chi connectivity index (χ1v) is 7.41. The van der Waals surface area contributed by atoms with Gasteiger partial charge in [-0.25, -0.2) is 5.43 Å². The van der Waals surface area contributed by atoms with Gasteiger partial charge >= 0.3 is 0 Å². The lowest BCUT2D eigenvalue weighted by molar-refractivity contribution is 0.0953. The number of nitrogens with zero attached hydrogens (tertiary/aromatic N) is 1. The SMILES string of the molecule is CC[C@H]1CCCC1=NNC(=O)c1ccccc1I. The Morgan fingerprint density at radius 1 is 1.50 bits per heavy atom. The Bertz CT molecular complexity index is 471. The minimum Gasteiger partial charge on any atom is -0.267 e. The Morgan fingerprint density at radius 3 is 3.00 bits per heavy atom. The van der Waals surface area contributed by atoms with Gasteiger partial charge in [0.1, 0.15) is 0 Å². The van der Waals surface area contributed by atoms with Crippen molar-refractivity contribution in [2.24, 2.45) is 11.0 Å². The van der Waals surface area contributed by atoms with Gasteiger partial charge in [0, 0.05) is 9.28 Å². The van der Waals surface area contributed by atoms with Gasteiger partial charge in [0.05, 0.1) is 5.56 Å². The van der Waals surface area contributed by atoms with Crippen molar-refractivity contribution in [3.63, 3.8) is 0 Å². The third kappa shape index (κ3) is 3.10. The van der Waals surface area contributed by atoms with Crippen LogP contribution in [-0.4, -0.2) is 11.6 Å². The van der Waals surface area contributed by atoms with Gasteiger partial charge < -0.3 is 0 Å². The van der Waals surface area contributed by atoms with Gasteiger partial charge in [0.25, 0.3) is 5.91 Å². The van der Waals surface area contributed by atoms with E-state index in [1.165, 1.54) is 12.8 Å². The Labute approximate surface area is 121 Å². The van der Waals surface area contributed by atoms with E-state index in [1.54, 1.807) is 0 Å². The number of hydrogen-bond acceptors (Lipinski definition) is 2. The Hall–Kier alpha value is -0.910. The molecule has 0 heterocycles. The zero-order chi connectivity index (χ0) is 13.0. The molecule has 1 saturated carbocycles. The third-order valence-corrected chi connectivity index (χ3v) is 4.31. The summed E-state index contributed by atoms with van der Waals surface area (Å²) in [5.41, 5.74) is 4.53. The van der Waals surface area contributed by atoms with Crippen molar-refractivity contribution in [2.45, 2.75) is 32.6 Å². The van der Waals surface area contributed by atoms with Crippen LogP contribution in [0.1, 0.15) is 43.0 Å². The van der Waals surface area contributed by atoms with Crippen LogP contribution < -0.4 is 5.43 Å². The summed E-state index contributed by atoms with van der Waals surface area (Å²) in [5, 5.41) is 4.31. The molecule has 1 N–H and O–H groups in total. The van der Waals surface area contributed by atoms with E-state index in [-0.39, 0.29) is 5.91 Å². The molecule has 0 bridgehead atoms. The summed E-state index contributed by atoms with van der Waals surface area (Å²) in [6.45, 7) is 2.17. The first kappa shape index (κ1) is 13.5. The molecule has 1 aromatic carbocycles. The fourth-order valence-electron chi connectivity index (χ4n) is 2.32. The molecule has 0 spiro atoms. The summed E-state index contributed by atoms with van der Waals surface area (Å²) in [4.78, 5) is 12.0. The highest BCUT2D eigenvalue weighted by Gasteiger charge is 2.21. The molecule has 0 aromatic heterocycles. The molecule has 96 valence electrons. The molecule has 1 aliphatic rings. The largest absolute Gasteiger partial charge is 0.272 e. The molecule has 18 heavy (non-hydrogen) atoms. The summed E-state index contributed by atoms with van der Waals surface area (Å²) in [5.74, 6) is 0.439. The molecule has 4 heteroatoms. The van der Waals surface area contributed by atoms with Crippen molar-refractivity contribution < 1.29 is 4.79 Å². The Morgan fingerprint density at radius 2 is 2.28 bits per heavy atom. The highest BCUT2D eigenvalue weighted by Crippen LogP contribution is 2.25.